The number of H-pyrrole nitrogens is 2. The molecule has 0 saturated heterocycles. The van der Waals surface area contributed by atoms with Crippen LogP contribution in [0.2, 0.25) is 0 Å². The van der Waals surface area contributed by atoms with Crippen molar-refractivity contribution in [1.82, 2.24) is 15.4 Å². The summed E-state index contributed by atoms with van der Waals surface area (Å²) in [4.78, 5) is 52.9. The second kappa shape index (κ2) is 13.7. The van der Waals surface area contributed by atoms with Crippen LogP contribution in [-0.4, -0.2) is 46.4 Å². The Morgan fingerprint density at radius 2 is 1.48 bits per heavy atom. The number of carbonyl (C=O) groups is 3. The van der Waals surface area contributed by atoms with E-state index in [0.717, 1.165) is 38.1 Å². The fraction of sp³-hybridized carbons (Fsp3) is 0.216. The van der Waals surface area contributed by atoms with Crippen LogP contribution in [0.1, 0.15) is 54.7 Å². The number of ether oxygens (including phenoxy) is 1. The number of halogens is 1. The lowest BCUT2D eigenvalue weighted by atomic mass is 10.0. The first-order valence-corrected chi connectivity index (χ1v) is 15.8. The Hall–Kier alpha value is -5.48. The summed E-state index contributed by atoms with van der Waals surface area (Å²) in [6, 6.07) is 26.3. The molecule has 6 aromatic rings. The molecule has 3 heterocycles. The third-order valence-electron chi connectivity index (χ3n) is 7.74. The van der Waals surface area contributed by atoms with E-state index in [1.165, 1.54) is 6.38 Å². The number of carbonyl (C=O) groups excluding carboxylic acids is 3. The highest BCUT2D eigenvalue weighted by atomic mass is 35.5. The molecule has 0 saturated carbocycles. The smallest absolute Gasteiger partial charge is 0.441 e. The monoisotopic (exact) mass is 667 g/mol. The van der Waals surface area contributed by atoms with Gasteiger partial charge in [-0.3, -0.25) is 9.59 Å². The van der Waals surface area contributed by atoms with Crippen molar-refractivity contribution in [2.45, 2.75) is 40.2 Å². The number of fused-ring (bicyclic) bond motifs is 5. The predicted molar refractivity (Wildman–Crippen MR) is 192 cm³/mol. The Balaban J connectivity index is 0.00000148. The van der Waals surface area contributed by atoms with Gasteiger partial charge in [0.05, 0.1) is 5.69 Å². The molecule has 248 valence electrons. The molecule has 4 N–H and O–H groups in total. The summed E-state index contributed by atoms with van der Waals surface area (Å²) in [5.41, 5.74) is 6.58. The zero-order valence-corrected chi connectivity index (χ0v) is 27.1. The molecule has 0 aliphatic carbocycles. The first-order chi connectivity index (χ1) is 22.6. The molecular weight excluding hydrogens is 630 g/mol. The Labute approximate surface area is 283 Å². The fourth-order valence-electron chi connectivity index (χ4n) is 5.79. The van der Waals surface area contributed by atoms with E-state index < -0.39 is 11.7 Å². The average Bonchev–Trinajstić information content (AvgIpc) is 3.80. The number of hydroxylamine groups is 1. The summed E-state index contributed by atoms with van der Waals surface area (Å²) in [7, 11) is 0. The lowest BCUT2D eigenvalue weighted by molar-refractivity contribution is 0.0290. The van der Waals surface area contributed by atoms with Gasteiger partial charge < -0.3 is 29.8 Å². The van der Waals surface area contributed by atoms with Crippen molar-refractivity contribution in [2.24, 2.45) is 0 Å². The molecule has 1 aliphatic rings. The van der Waals surface area contributed by atoms with Gasteiger partial charge in [-0.1, -0.05) is 49.9 Å². The van der Waals surface area contributed by atoms with E-state index in [2.05, 4.69) is 32.4 Å². The summed E-state index contributed by atoms with van der Waals surface area (Å²) < 4.78 is 5.31. The maximum atomic E-state index is 13.9. The van der Waals surface area contributed by atoms with Crippen LogP contribution in [-0.2, 0) is 11.2 Å². The number of anilines is 2. The van der Waals surface area contributed by atoms with Crippen LogP contribution < -0.4 is 20.5 Å². The largest absolute Gasteiger partial charge is 0.442 e. The minimum Gasteiger partial charge on any atom is -0.442 e. The molecule has 4 aromatic carbocycles. The molecule has 0 radical (unpaired) electrons. The number of amides is 3. The molecule has 0 bridgehead atoms. The van der Waals surface area contributed by atoms with Crippen LogP contribution in [0.3, 0.4) is 0 Å². The van der Waals surface area contributed by atoms with Crippen molar-refractivity contribution < 1.29 is 24.0 Å². The van der Waals surface area contributed by atoms with Crippen LogP contribution in [0.5, 0.6) is 5.75 Å². The predicted octanol–water partition coefficient (Wildman–Crippen LogP) is 8.57. The van der Waals surface area contributed by atoms with Crippen molar-refractivity contribution in [3.63, 3.8) is 0 Å². The lowest BCUT2D eigenvalue weighted by Gasteiger charge is -2.21. The number of aromatic nitrogens is 2. The van der Waals surface area contributed by atoms with Gasteiger partial charge in [-0.25, -0.2) is 4.79 Å². The van der Waals surface area contributed by atoms with Gasteiger partial charge in [0.25, 0.3) is 11.8 Å². The molecule has 3 amide bonds. The molecule has 0 atom stereocenters. The lowest BCUT2D eigenvalue weighted by Crippen LogP contribution is -2.34. The minimum atomic E-state index is -0.713. The van der Waals surface area contributed by atoms with Gasteiger partial charge in [-0.2, -0.15) is 5.48 Å². The van der Waals surface area contributed by atoms with E-state index >= 15 is 0 Å². The highest BCUT2D eigenvalue weighted by Crippen LogP contribution is 2.40. The molecule has 7 rings (SSSR count). The van der Waals surface area contributed by atoms with Crippen LogP contribution in [0.25, 0.3) is 32.6 Å². The summed E-state index contributed by atoms with van der Waals surface area (Å²) >= 11 is 4.64. The van der Waals surface area contributed by atoms with Gasteiger partial charge in [0, 0.05) is 51.9 Å². The number of hydrogen-bond acceptors (Lipinski definition) is 5. The Bertz CT molecular complexity index is 2110. The zero-order valence-electron chi connectivity index (χ0n) is 26.4. The number of nitrogens with one attached hydrogen (secondary N) is 4. The molecule has 48 heavy (non-hydrogen) atoms. The highest BCUT2D eigenvalue weighted by molar-refractivity contribution is 6.15. The van der Waals surface area contributed by atoms with E-state index in [0.29, 0.717) is 41.5 Å². The van der Waals surface area contributed by atoms with Gasteiger partial charge in [0.15, 0.2) is 5.75 Å². The van der Waals surface area contributed by atoms with E-state index in [1.54, 1.807) is 43.9 Å². The Kier molecular flexibility index (Phi) is 9.67. The number of para-hydroxylation sites is 1. The number of aromatic amines is 2. The van der Waals surface area contributed by atoms with E-state index in [4.69, 9.17) is 9.57 Å². The standard InChI is InChI=1S/C35H31N5O5.CH3Cl.CH4/c1-35(2,3)44-34(43)39-45-31-19-30-24(23-9-5-6-10-25(23)31)14-15-40(30)33(42)29-18-21-16-22(12-13-27(21)38-29)36-32(41)28-17-20-8-4-7-11-26(20)37-28;1-2;/h4-13,16-19,37-38H,14-15H2,1-3H3,(H,36,41)(H,39,43);1H3;1H4. The second-order valence-electron chi connectivity index (χ2n) is 12.0. The quantitative estimate of drug-likeness (QED) is 0.108. The van der Waals surface area contributed by atoms with Gasteiger partial charge in [-0.15, -0.1) is 11.6 Å². The van der Waals surface area contributed by atoms with Gasteiger partial charge in [0.1, 0.15) is 17.0 Å². The number of hydrogen-bond donors (Lipinski definition) is 4. The Morgan fingerprint density at radius 1 is 0.812 bits per heavy atom. The third-order valence-corrected chi connectivity index (χ3v) is 7.74. The van der Waals surface area contributed by atoms with Crippen molar-refractivity contribution >= 4 is 73.5 Å². The molecule has 2 aromatic heterocycles. The van der Waals surface area contributed by atoms with Crippen molar-refractivity contribution in [3.8, 4) is 5.75 Å². The van der Waals surface area contributed by atoms with Gasteiger partial charge >= 0.3 is 6.09 Å². The zero-order chi connectivity index (χ0) is 33.3. The molecule has 0 unspecified atom stereocenters. The first-order valence-electron chi connectivity index (χ1n) is 15.0. The Morgan fingerprint density at radius 3 is 2.23 bits per heavy atom. The van der Waals surface area contributed by atoms with Crippen LogP contribution in [0, 0.1) is 0 Å². The SMILES string of the molecule is C.CC(C)(C)OC(=O)NOc1cc2c(c3ccccc13)CCN2C(=O)c1cc2cc(NC(=O)c3cc4ccccc4[nH]3)ccc2[nH]1.CCl. The van der Waals surface area contributed by atoms with E-state index in [9.17, 15) is 14.4 Å². The molecule has 1 aliphatic heterocycles. The van der Waals surface area contributed by atoms with Gasteiger partial charge in [-0.05, 0) is 74.5 Å². The van der Waals surface area contributed by atoms with Crippen molar-refractivity contribution in [1.29, 1.82) is 0 Å². The number of rotatable bonds is 5. The normalized spacial score (nSPS) is 12.1. The van der Waals surface area contributed by atoms with E-state index in [1.807, 2.05) is 66.7 Å². The topological polar surface area (TPSA) is 129 Å². The van der Waals surface area contributed by atoms with Gasteiger partial charge in [0.2, 0.25) is 0 Å². The van der Waals surface area contributed by atoms with Crippen molar-refractivity contribution in [2.75, 3.05) is 23.1 Å². The maximum Gasteiger partial charge on any atom is 0.441 e. The molecule has 0 spiro atoms. The number of benzene rings is 4. The summed E-state index contributed by atoms with van der Waals surface area (Å²) in [5.74, 6) is -0.0469. The van der Waals surface area contributed by atoms with E-state index in [-0.39, 0.29) is 19.2 Å². The summed E-state index contributed by atoms with van der Waals surface area (Å²) in [6.45, 7) is 5.80. The van der Waals surface area contributed by atoms with Crippen molar-refractivity contribution in [3.05, 3.63) is 102 Å². The molecule has 0 fully saturated rings. The minimum absolute atomic E-state index is 0. The fourth-order valence-corrected chi connectivity index (χ4v) is 5.79. The summed E-state index contributed by atoms with van der Waals surface area (Å²) in [6.07, 6.45) is 1.43. The van der Waals surface area contributed by atoms with Crippen LogP contribution >= 0.6 is 11.6 Å². The van der Waals surface area contributed by atoms with Crippen LogP contribution in [0.15, 0.2) is 84.9 Å². The highest BCUT2D eigenvalue weighted by Gasteiger charge is 2.30. The molecule has 11 heteroatoms. The maximum absolute atomic E-state index is 13.9. The number of nitrogens with zero attached hydrogens (tertiary/aromatic N) is 1. The summed E-state index contributed by atoms with van der Waals surface area (Å²) in [5, 5.41) is 6.45. The molecular formula is C37H38ClN5O5. The van der Waals surface area contributed by atoms with Crippen LogP contribution in [0.4, 0.5) is 16.2 Å². The number of alkyl halides is 1. The third kappa shape index (κ3) is 6.79. The average molecular weight is 668 g/mol. The molecule has 10 nitrogen and oxygen atoms in total. The second-order valence-corrected chi connectivity index (χ2v) is 12.0. The first kappa shape index (κ1) is 33.9.